The Balaban J connectivity index is 1.47. The van der Waals surface area contributed by atoms with Gasteiger partial charge in [0.25, 0.3) is 11.8 Å². The molecule has 0 unspecified atom stereocenters. The van der Waals surface area contributed by atoms with Crippen molar-refractivity contribution in [1.29, 1.82) is 0 Å². The number of allylic oxidation sites excluding steroid dienone is 2. The van der Waals surface area contributed by atoms with Crippen LogP contribution < -0.4 is 5.43 Å². The number of benzene rings is 3. The van der Waals surface area contributed by atoms with Crippen molar-refractivity contribution >= 4 is 29.3 Å². The molecule has 3 aromatic carbocycles. The Morgan fingerprint density at radius 1 is 0.833 bits per heavy atom. The van der Waals surface area contributed by atoms with Gasteiger partial charge in [0.1, 0.15) is 5.75 Å². The summed E-state index contributed by atoms with van der Waals surface area (Å²) >= 11 is 0. The first-order valence-electron chi connectivity index (χ1n) is 14.3. The lowest BCUT2D eigenvalue weighted by molar-refractivity contribution is -0.140. The van der Waals surface area contributed by atoms with Crippen LogP contribution in [0.4, 0.5) is 5.69 Å². The van der Waals surface area contributed by atoms with Gasteiger partial charge in [-0.1, -0.05) is 77.9 Å². The zero-order chi connectivity index (χ0) is 29.3. The number of hydrazine groups is 1. The first-order valence-corrected chi connectivity index (χ1v) is 14.3. The Labute approximate surface area is 243 Å². The summed E-state index contributed by atoms with van der Waals surface area (Å²) < 4.78 is 0. The number of amides is 4. The third-order valence-corrected chi connectivity index (χ3v) is 9.86. The van der Waals surface area contributed by atoms with Gasteiger partial charge in [-0.25, -0.2) is 0 Å². The third-order valence-electron chi connectivity index (χ3n) is 9.86. The molecular weight excluding hydrogens is 530 g/mol. The monoisotopic (exact) mass is 561 g/mol. The van der Waals surface area contributed by atoms with Crippen LogP contribution in [-0.2, 0) is 24.6 Å². The second kappa shape index (κ2) is 9.41. The molecule has 7 rings (SSSR count). The minimum absolute atomic E-state index is 0.0105. The van der Waals surface area contributed by atoms with Gasteiger partial charge in [-0.2, -0.15) is 5.01 Å². The number of carbonyl (C=O) groups excluding carboxylic acids is 4. The van der Waals surface area contributed by atoms with E-state index in [1.165, 1.54) is 11.9 Å². The number of hydrogen-bond donors (Lipinski definition) is 2. The number of nitrogens with one attached hydrogen (secondary N) is 1. The maximum Gasteiger partial charge on any atom is 0.260 e. The summed E-state index contributed by atoms with van der Waals surface area (Å²) in [5, 5.41) is 12.4. The van der Waals surface area contributed by atoms with Crippen LogP contribution in [0.5, 0.6) is 5.75 Å². The van der Waals surface area contributed by atoms with Gasteiger partial charge in [0, 0.05) is 18.5 Å². The number of anilines is 1. The van der Waals surface area contributed by atoms with E-state index in [9.17, 15) is 24.3 Å². The van der Waals surface area contributed by atoms with E-state index in [-0.39, 0.29) is 24.0 Å². The number of aryl methyl sites for hydroxylation is 1. The van der Waals surface area contributed by atoms with Crippen LogP contribution in [0.3, 0.4) is 0 Å². The average Bonchev–Trinajstić information content (AvgIpc) is 3.35. The van der Waals surface area contributed by atoms with Crippen molar-refractivity contribution in [2.24, 2.45) is 23.7 Å². The molecule has 3 aromatic rings. The molecule has 8 heteroatoms. The smallest absolute Gasteiger partial charge is 0.260 e. The fraction of sp³-hybridized carbons (Fsp3) is 0.294. The molecule has 0 bridgehead atoms. The zero-order valence-corrected chi connectivity index (χ0v) is 23.4. The number of phenolic OH excluding ortho intramolecular Hbond substituents is 1. The van der Waals surface area contributed by atoms with Gasteiger partial charge in [-0.05, 0) is 49.4 Å². The Hall–Kier alpha value is -4.72. The van der Waals surface area contributed by atoms with Crippen molar-refractivity contribution in [3.05, 3.63) is 107 Å². The van der Waals surface area contributed by atoms with E-state index in [2.05, 4.69) is 5.43 Å². The molecule has 3 fully saturated rings. The van der Waals surface area contributed by atoms with E-state index < -0.39 is 46.8 Å². The summed E-state index contributed by atoms with van der Waals surface area (Å²) in [7, 11) is 1.51. The molecule has 4 amide bonds. The molecule has 42 heavy (non-hydrogen) atoms. The number of fused-ring (bicyclic) bond motifs is 4. The van der Waals surface area contributed by atoms with Crippen LogP contribution >= 0.6 is 0 Å². The molecule has 0 radical (unpaired) electrons. The fourth-order valence-electron chi connectivity index (χ4n) is 7.98. The van der Waals surface area contributed by atoms with Crippen LogP contribution in [0.25, 0.3) is 0 Å². The van der Waals surface area contributed by atoms with E-state index in [0.717, 1.165) is 16.1 Å². The van der Waals surface area contributed by atoms with Crippen molar-refractivity contribution in [2.45, 2.75) is 31.1 Å². The lowest BCUT2D eigenvalue weighted by Crippen LogP contribution is -2.53. The van der Waals surface area contributed by atoms with E-state index in [0.29, 0.717) is 23.2 Å². The topological polar surface area (TPSA) is 107 Å². The molecule has 2 heterocycles. The van der Waals surface area contributed by atoms with E-state index in [4.69, 9.17) is 0 Å². The highest BCUT2D eigenvalue weighted by molar-refractivity contribution is 6.13. The van der Waals surface area contributed by atoms with E-state index in [1.807, 2.05) is 67.6 Å². The van der Waals surface area contributed by atoms with Crippen molar-refractivity contribution in [3.63, 3.8) is 0 Å². The molecule has 212 valence electrons. The highest BCUT2D eigenvalue weighted by Crippen LogP contribution is 2.64. The second-order valence-corrected chi connectivity index (χ2v) is 11.9. The number of nitrogens with zero attached hydrogens (tertiary/aromatic N) is 2. The number of para-hydroxylation sites is 1. The number of rotatable bonds is 4. The highest BCUT2D eigenvalue weighted by Gasteiger charge is 2.70. The molecule has 8 nitrogen and oxygen atoms in total. The largest absolute Gasteiger partial charge is 0.508 e. The minimum Gasteiger partial charge on any atom is -0.508 e. The van der Waals surface area contributed by atoms with Gasteiger partial charge in [-0.3, -0.25) is 29.5 Å². The summed E-state index contributed by atoms with van der Waals surface area (Å²) in [5.41, 5.74) is 5.34. The number of carbonyl (C=O) groups is 4. The van der Waals surface area contributed by atoms with Crippen molar-refractivity contribution < 1.29 is 24.3 Å². The normalized spacial score (nSPS) is 30.1. The number of imide groups is 2. The zero-order valence-electron chi connectivity index (χ0n) is 23.4. The van der Waals surface area contributed by atoms with Gasteiger partial charge in [0.05, 0.1) is 28.9 Å². The lowest BCUT2D eigenvalue weighted by Gasteiger charge is -2.50. The first kappa shape index (κ1) is 26.2. The van der Waals surface area contributed by atoms with Crippen LogP contribution in [0.1, 0.15) is 35.4 Å². The summed E-state index contributed by atoms with van der Waals surface area (Å²) in [5.74, 6) is -4.40. The van der Waals surface area contributed by atoms with E-state index >= 15 is 0 Å². The molecule has 2 N–H and O–H groups in total. The van der Waals surface area contributed by atoms with Crippen molar-refractivity contribution in [2.75, 3.05) is 12.5 Å². The number of likely N-dealkylation sites (tertiary alicyclic amines) is 1. The third kappa shape index (κ3) is 3.47. The molecule has 0 spiro atoms. The molecule has 2 saturated heterocycles. The standard InChI is InChI=1S/C34H31N3O5/c1-19-12-14-21(15-13-19)35-37-31(40)26-18-25-22(16-17-24-28(25)32(41)36(2)30(24)39)29(23-10-6-7-11-27(23)38)34(26,33(37)42)20-8-4-3-5-9-20/h3-16,24-26,28-29,35,38H,17-18H2,1-2H3/t24-,25+,26-,28-,29+,34+/m0/s1. The Morgan fingerprint density at radius 3 is 2.24 bits per heavy atom. The van der Waals surface area contributed by atoms with Crippen molar-refractivity contribution in [3.8, 4) is 5.75 Å². The predicted molar refractivity (Wildman–Crippen MR) is 155 cm³/mol. The van der Waals surface area contributed by atoms with Gasteiger partial charge in [-0.15, -0.1) is 0 Å². The molecule has 2 aliphatic carbocycles. The molecule has 4 aliphatic rings. The highest BCUT2D eigenvalue weighted by atomic mass is 16.3. The van der Waals surface area contributed by atoms with Gasteiger partial charge >= 0.3 is 0 Å². The van der Waals surface area contributed by atoms with E-state index in [1.54, 1.807) is 24.3 Å². The van der Waals surface area contributed by atoms with Crippen LogP contribution in [-0.4, -0.2) is 45.7 Å². The Kier molecular flexibility index (Phi) is 5.87. The summed E-state index contributed by atoms with van der Waals surface area (Å²) in [6.45, 7) is 1.96. The molecule has 6 atom stereocenters. The Bertz CT molecular complexity index is 1670. The lowest BCUT2D eigenvalue weighted by atomic mass is 9.49. The molecular formula is C34H31N3O5. The maximum atomic E-state index is 14.9. The van der Waals surface area contributed by atoms with Gasteiger partial charge in [0.2, 0.25) is 11.8 Å². The first-order chi connectivity index (χ1) is 20.2. The summed E-state index contributed by atoms with van der Waals surface area (Å²) in [6, 6.07) is 23.6. The number of phenols is 1. The molecule has 1 saturated carbocycles. The summed E-state index contributed by atoms with van der Waals surface area (Å²) in [6.07, 6.45) is 2.58. The fourth-order valence-corrected chi connectivity index (χ4v) is 7.98. The van der Waals surface area contributed by atoms with Crippen LogP contribution in [0.15, 0.2) is 90.5 Å². The predicted octanol–water partition coefficient (Wildman–Crippen LogP) is 4.32. The quantitative estimate of drug-likeness (QED) is 0.363. The molecule has 2 aliphatic heterocycles. The maximum absolute atomic E-state index is 14.9. The SMILES string of the molecule is Cc1ccc(NN2C(=O)[C@@H]3C[C@@H]4C(=CC[C@@H]5C(=O)N(C)C(=O)[C@@H]54)[C@H](c4ccccc4O)[C@]3(c3ccccc3)C2=O)cc1. The number of aromatic hydroxyl groups is 1. The van der Waals surface area contributed by atoms with Crippen molar-refractivity contribution in [1.82, 2.24) is 9.91 Å². The van der Waals surface area contributed by atoms with Crippen LogP contribution in [0, 0.1) is 30.6 Å². The minimum atomic E-state index is -1.39. The average molecular weight is 562 g/mol. The molecule has 0 aromatic heterocycles. The summed E-state index contributed by atoms with van der Waals surface area (Å²) in [4.78, 5) is 57.1. The Morgan fingerprint density at radius 2 is 1.52 bits per heavy atom. The second-order valence-electron chi connectivity index (χ2n) is 11.9. The van der Waals surface area contributed by atoms with Gasteiger partial charge in [0.15, 0.2) is 0 Å². The number of hydrogen-bond acceptors (Lipinski definition) is 6. The van der Waals surface area contributed by atoms with Crippen LogP contribution in [0.2, 0.25) is 0 Å². The van der Waals surface area contributed by atoms with Gasteiger partial charge < -0.3 is 5.11 Å².